The Hall–Kier alpha value is -13.0. The first-order valence-electron chi connectivity index (χ1n) is 41.2. The van der Waals surface area contributed by atoms with Gasteiger partial charge in [0.1, 0.15) is 22.5 Å². The molecule has 614 valence electrons. The topological polar surface area (TPSA) is 63.6 Å². The van der Waals surface area contributed by atoms with Crippen molar-refractivity contribution < 1.29 is 28.2 Å². The largest absolute Gasteiger partial charge is 0.497 e. The van der Waals surface area contributed by atoms with Crippen LogP contribution in [-0.4, -0.2) is 23.8 Å². The van der Waals surface area contributed by atoms with Crippen molar-refractivity contribution in [3.05, 3.63) is 483 Å². The van der Waals surface area contributed by atoms with Crippen LogP contribution in [-0.2, 0) is 39.3 Å². The van der Waals surface area contributed by atoms with Gasteiger partial charge in [0.25, 0.3) is 0 Å². The van der Waals surface area contributed by atoms with E-state index in [1.54, 1.807) is 56.6 Å². The van der Waals surface area contributed by atoms with Crippen LogP contribution in [0.4, 0.5) is 8.78 Å². The third-order valence-corrected chi connectivity index (χ3v) is 31.0. The number of rotatable bonds is 25. The molecule has 0 spiro atoms. The van der Waals surface area contributed by atoms with Crippen molar-refractivity contribution in [2.75, 3.05) is 7.11 Å². The quantitative estimate of drug-likeness (QED) is 0.0452. The fraction of sp³-hybridized carbons (Fsp3) is 0.0351. The highest BCUT2D eigenvalue weighted by Gasteiger charge is 2.35. The number of ether oxygens (including phenoxy) is 1. The van der Waals surface area contributed by atoms with Gasteiger partial charge in [0.05, 0.1) is 35.5 Å². The number of ketones is 2. The fourth-order valence-electron chi connectivity index (χ4n) is 14.8. The summed E-state index contributed by atoms with van der Waals surface area (Å²) in [6, 6.07) is 154. The predicted molar refractivity (Wildman–Crippen MR) is 521 cm³/mol. The van der Waals surface area contributed by atoms with E-state index < -0.39 is 21.8 Å². The lowest BCUT2D eigenvalue weighted by atomic mass is 9.98. The highest BCUT2D eigenvalue weighted by atomic mass is 32.2. The highest BCUT2D eigenvalue weighted by molar-refractivity contribution is 8.00. The summed E-state index contributed by atoms with van der Waals surface area (Å²) in [6.45, 7) is 3.19. The monoisotopic (exact) mass is 1750 g/mol. The number of halogens is 2. The number of aliphatic hydroxyl groups is 1. The molecule has 18 aromatic carbocycles. The van der Waals surface area contributed by atoms with Crippen molar-refractivity contribution in [1.82, 2.24) is 0 Å². The van der Waals surface area contributed by atoms with E-state index in [2.05, 4.69) is 231 Å². The van der Waals surface area contributed by atoms with E-state index in [-0.39, 0.29) is 40.7 Å². The summed E-state index contributed by atoms with van der Waals surface area (Å²) in [5.41, 5.74) is 14.9. The molecule has 0 heterocycles. The van der Waals surface area contributed by atoms with E-state index in [0.29, 0.717) is 9.79 Å². The van der Waals surface area contributed by atoms with Gasteiger partial charge in [-0.25, -0.2) is 8.78 Å². The number of carbonyl (C=O) groups excluding carboxylic acids is 2. The number of carbonyl (C=O) groups is 2. The third-order valence-electron chi connectivity index (χ3n) is 21.1. The summed E-state index contributed by atoms with van der Waals surface area (Å²) < 4.78 is 36.3. The van der Waals surface area contributed by atoms with Crippen LogP contribution in [0.2, 0.25) is 0 Å². The van der Waals surface area contributed by atoms with Crippen LogP contribution in [0.25, 0.3) is 66.8 Å². The number of hydrogen-bond donors (Lipinski definition) is 1. The molecule has 126 heavy (non-hydrogen) atoms. The minimum Gasteiger partial charge on any atom is -0.497 e. The van der Waals surface area contributed by atoms with Gasteiger partial charge >= 0.3 is 0 Å². The molecule has 0 saturated carbocycles. The number of aliphatic hydroxyl groups excluding tert-OH is 1. The Bertz CT molecular complexity index is 6680. The molecule has 0 radical (unpaired) electrons. The molecule has 4 nitrogen and oxygen atoms in total. The molecule has 18 aromatic rings. The van der Waals surface area contributed by atoms with Crippen molar-refractivity contribution in [3.8, 4) is 72.5 Å². The van der Waals surface area contributed by atoms with E-state index in [1.165, 1.54) is 58.5 Å². The lowest BCUT2D eigenvalue weighted by Crippen LogP contribution is -2.08. The van der Waals surface area contributed by atoms with Crippen molar-refractivity contribution in [1.29, 1.82) is 0 Å². The van der Waals surface area contributed by atoms with Crippen molar-refractivity contribution in [2.24, 2.45) is 0 Å². The van der Waals surface area contributed by atoms with Crippen molar-refractivity contribution in [2.45, 2.75) is 93.9 Å². The molecular formula is C114H87F2O4S6+3. The lowest BCUT2D eigenvalue weighted by molar-refractivity contribution is 0.101. The van der Waals surface area contributed by atoms with Crippen LogP contribution < -0.4 is 4.74 Å². The molecule has 3 unspecified atom stereocenters. The Morgan fingerprint density at radius 1 is 0.270 bits per heavy atom. The molecule has 0 aliphatic carbocycles. The predicted octanol–water partition coefficient (Wildman–Crippen LogP) is 31.0. The van der Waals surface area contributed by atoms with E-state index in [4.69, 9.17) is 4.74 Å². The maximum atomic E-state index is 15.7. The standard InChI is InChI=1S/C40H31O2S2.C38H31O2S2.C36H25F2S2/c1-28(41)37-12-6-8-14-39(37)30-16-20-32(21-17-30)43-33-22-26-36(27-23-33)44(34-10-4-3-5-11-34)35-24-18-31(19-25-35)40-15-9-7-13-38(40)29(2)42;1-40-33-13-8-14-37(26-33)42(36-22-17-31(18-23-36)29-11-6-3-7-12-29)38-24-21-35(25-32(38)27-39)41-34-19-15-30(16-20-34)28-9-4-2-5-10-28;37-33-24-28(26-10-4-1-5-11-26)16-22-35(33)39-30-18-20-32(21-19-30)40(31-14-8-3-9-15-31)36-23-17-29(25-34(36)38)27-12-6-2-7-13-27/h3-27H,1-2H3;2-26,39H,27H2,1H3;1-25H/q3*+1. The van der Waals surface area contributed by atoms with Crippen LogP contribution in [0.1, 0.15) is 40.1 Å². The molecule has 1 N–H and O–H groups in total. The van der Waals surface area contributed by atoms with Gasteiger partial charge in [-0.2, -0.15) is 0 Å². The van der Waals surface area contributed by atoms with E-state index in [1.807, 2.05) is 212 Å². The summed E-state index contributed by atoms with van der Waals surface area (Å²) in [4.78, 5) is 40.2. The first kappa shape index (κ1) is 86.5. The Morgan fingerprint density at radius 2 is 0.579 bits per heavy atom. The molecular weight excluding hydrogens is 1660 g/mol. The van der Waals surface area contributed by atoms with Gasteiger partial charge in [0, 0.05) is 52.1 Å². The van der Waals surface area contributed by atoms with Gasteiger partial charge in [-0.15, -0.1) is 0 Å². The van der Waals surface area contributed by atoms with Crippen LogP contribution in [0.3, 0.4) is 0 Å². The van der Waals surface area contributed by atoms with Gasteiger partial charge in [-0.3, -0.25) is 9.59 Å². The van der Waals surface area contributed by atoms with Crippen LogP contribution in [0, 0.1) is 11.6 Å². The molecule has 0 bridgehead atoms. The zero-order valence-corrected chi connectivity index (χ0v) is 74.3. The first-order chi connectivity index (χ1) is 61.8. The van der Waals surface area contributed by atoms with Gasteiger partial charge in [-0.1, -0.05) is 278 Å². The third kappa shape index (κ3) is 21.5. The second-order valence-corrected chi connectivity index (χ2v) is 38.9. The normalized spacial score (nSPS) is 11.7. The zero-order chi connectivity index (χ0) is 86.5. The molecule has 0 fully saturated rings. The second kappa shape index (κ2) is 42.1. The molecule has 0 saturated heterocycles. The van der Waals surface area contributed by atoms with Gasteiger partial charge in [0.15, 0.2) is 56.5 Å². The highest BCUT2D eigenvalue weighted by Crippen LogP contribution is 2.43. The van der Waals surface area contributed by atoms with Crippen molar-refractivity contribution >= 4 is 79.5 Å². The maximum Gasteiger partial charge on any atom is 0.202 e. The van der Waals surface area contributed by atoms with Gasteiger partial charge in [-0.05, 0) is 287 Å². The minimum absolute atomic E-state index is 0.0355. The molecule has 0 amide bonds. The minimum atomic E-state index is -0.633. The first-order valence-corrected chi connectivity index (χ1v) is 47.3. The van der Waals surface area contributed by atoms with Crippen LogP contribution in [0.5, 0.6) is 5.75 Å². The van der Waals surface area contributed by atoms with E-state index in [9.17, 15) is 14.7 Å². The number of hydrogen-bond acceptors (Lipinski definition) is 7. The zero-order valence-electron chi connectivity index (χ0n) is 69.4. The Morgan fingerprint density at radius 3 is 1.02 bits per heavy atom. The van der Waals surface area contributed by atoms with Gasteiger partial charge < -0.3 is 9.84 Å². The number of methoxy groups -OCH3 is 1. The number of benzene rings is 18. The molecule has 12 heteroatoms. The van der Waals surface area contributed by atoms with Crippen molar-refractivity contribution in [3.63, 3.8) is 0 Å². The van der Waals surface area contributed by atoms with E-state index in [0.717, 1.165) is 106 Å². The SMILES string of the molecule is CC(=O)c1ccccc1-c1ccc(Sc2ccc([S+](c3ccccc3)c3ccc(-c4ccccc4C(C)=O)cc3)cc2)cc1.COc1cccc([S+](c2ccc(-c3ccccc3)cc2)c2ccc(Sc3ccc(-c4ccccc4)cc3)cc2CO)c1.Fc1cc(-c2ccccc2)ccc1Sc1ccc([S+](c2ccccc2)c2ccc(-c3ccccc3)cc2F)cc1. The summed E-state index contributed by atoms with van der Waals surface area (Å²) >= 11 is 4.82. The summed E-state index contributed by atoms with van der Waals surface area (Å²) in [6.07, 6.45) is 0. The Kier molecular flexibility index (Phi) is 28.9. The second-order valence-electron chi connectivity index (χ2n) is 29.5. The summed E-state index contributed by atoms with van der Waals surface area (Å²) in [7, 11) is 0.352. The van der Waals surface area contributed by atoms with Gasteiger partial charge in [0.2, 0.25) is 4.90 Å². The van der Waals surface area contributed by atoms with Crippen LogP contribution in [0.15, 0.2) is 528 Å². The van der Waals surface area contributed by atoms with E-state index >= 15 is 8.78 Å². The molecule has 0 aliphatic rings. The average molecular weight is 1750 g/mol. The smallest absolute Gasteiger partial charge is 0.202 e. The Balaban J connectivity index is 0.000000139. The molecule has 3 atom stereocenters. The fourth-order valence-corrected chi connectivity index (χ4v) is 23.7. The maximum absolute atomic E-state index is 15.7. The summed E-state index contributed by atoms with van der Waals surface area (Å²) in [5.74, 6) is 0.485. The van der Waals surface area contributed by atoms with Crippen LogP contribution >= 0.6 is 35.3 Å². The lowest BCUT2D eigenvalue weighted by Gasteiger charge is -2.14. The Labute approximate surface area is 758 Å². The molecule has 0 aromatic heterocycles. The summed E-state index contributed by atoms with van der Waals surface area (Å²) in [5, 5.41) is 10.6. The molecule has 18 rings (SSSR count). The average Bonchev–Trinajstić information content (AvgIpc) is 0.789. The number of Topliss-reactive ketones (excluding diaryl/α,β-unsaturated/α-hetero) is 2. The molecule has 0 aliphatic heterocycles.